The van der Waals surface area contributed by atoms with Gasteiger partial charge in [0.05, 0.1) is 5.69 Å². The summed E-state index contributed by atoms with van der Waals surface area (Å²) in [5.41, 5.74) is 1.56. The van der Waals surface area contributed by atoms with E-state index in [9.17, 15) is 18.4 Å². The van der Waals surface area contributed by atoms with Crippen LogP contribution < -0.4 is 4.90 Å². The number of para-hydroxylation sites is 1. The number of carbonyl (C=O) groups excluding carboxylic acids is 2. The molecule has 0 spiro atoms. The Morgan fingerprint density at radius 2 is 1.36 bits per heavy atom. The van der Waals surface area contributed by atoms with Gasteiger partial charge in [-0.3, -0.25) is 9.59 Å². The van der Waals surface area contributed by atoms with Crippen molar-refractivity contribution in [2.75, 3.05) is 4.90 Å². The summed E-state index contributed by atoms with van der Waals surface area (Å²) in [6, 6.07) is 17.0. The maximum Gasteiger partial charge on any atom is 0.265 e. The number of nitrogens with zero attached hydrogens (tertiary/aromatic N) is 1. The minimum atomic E-state index is -0.780. The molecule has 3 aromatic carbocycles. The minimum absolute atomic E-state index is 0.0578. The second-order valence-corrected chi connectivity index (χ2v) is 6.47. The van der Waals surface area contributed by atoms with E-state index in [1.807, 2.05) is 0 Å². The molecule has 0 N–H and O–H groups in total. The number of amides is 2. The van der Waals surface area contributed by atoms with Crippen LogP contribution in [0, 0.1) is 18.6 Å². The molecule has 0 bridgehead atoms. The van der Waals surface area contributed by atoms with Gasteiger partial charge < -0.3 is 0 Å². The summed E-state index contributed by atoms with van der Waals surface area (Å²) < 4.78 is 28.4. The molecule has 1 aliphatic heterocycles. The number of hydrogen-bond acceptors (Lipinski definition) is 2. The van der Waals surface area contributed by atoms with Crippen molar-refractivity contribution in [2.24, 2.45) is 0 Å². The smallest absolute Gasteiger partial charge is 0.265 e. The topological polar surface area (TPSA) is 37.4 Å². The largest absolute Gasteiger partial charge is 0.268 e. The van der Waals surface area contributed by atoms with Crippen molar-refractivity contribution in [3.8, 4) is 0 Å². The predicted molar refractivity (Wildman–Crippen MR) is 104 cm³/mol. The third-order valence-corrected chi connectivity index (χ3v) is 4.73. The van der Waals surface area contributed by atoms with Gasteiger partial charge >= 0.3 is 0 Å². The molecule has 28 heavy (non-hydrogen) atoms. The molecule has 1 heterocycles. The lowest BCUT2D eigenvalue weighted by atomic mass is 9.91. The highest BCUT2D eigenvalue weighted by Gasteiger charge is 2.36. The summed E-state index contributed by atoms with van der Waals surface area (Å²) in [7, 11) is 0. The molecule has 4 rings (SSSR count). The lowest BCUT2D eigenvalue weighted by molar-refractivity contribution is -0.112. The van der Waals surface area contributed by atoms with Gasteiger partial charge in [0.2, 0.25) is 0 Å². The van der Waals surface area contributed by atoms with E-state index in [-0.39, 0.29) is 11.1 Å². The number of fused-ring (bicyclic) bond motifs is 1. The Hall–Kier alpha value is -3.60. The normalized spacial score (nSPS) is 15.1. The first-order valence-electron chi connectivity index (χ1n) is 8.68. The fourth-order valence-electron chi connectivity index (χ4n) is 3.32. The summed E-state index contributed by atoms with van der Waals surface area (Å²) in [5.74, 6) is -2.66. The molecule has 0 fully saturated rings. The highest BCUT2D eigenvalue weighted by molar-refractivity contribution is 6.43. The highest BCUT2D eigenvalue weighted by Crippen LogP contribution is 2.35. The number of imide groups is 1. The Balaban J connectivity index is 1.97. The Morgan fingerprint density at radius 3 is 2.04 bits per heavy atom. The van der Waals surface area contributed by atoms with Gasteiger partial charge in [0, 0.05) is 16.7 Å². The van der Waals surface area contributed by atoms with Crippen LogP contribution in [0.15, 0.2) is 66.7 Å². The molecule has 2 amide bonds. The van der Waals surface area contributed by atoms with Gasteiger partial charge in [-0.2, -0.15) is 0 Å². The molecule has 0 unspecified atom stereocenters. The zero-order valence-electron chi connectivity index (χ0n) is 14.9. The first-order valence-corrected chi connectivity index (χ1v) is 8.68. The molecular weight excluding hydrogens is 360 g/mol. The predicted octanol–water partition coefficient (Wildman–Crippen LogP) is 5.00. The Kier molecular flexibility index (Phi) is 4.35. The van der Waals surface area contributed by atoms with Crippen LogP contribution in [0.5, 0.6) is 0 Å². The Labute approximate surface area is 160 Å². The van der Waals surface area contributed by atoms with Crippen LogP contribution in [-0.2, 0) is 4.79 Å². The first-order chi connectivity index (χ1) is 13.5. The maximum atomic E-state index is 14.2. The first kappa shape index (κ1) is 17.8. The highest BCUT2D eigenvalue weighted by atomic mass is 19.1. The standard InChI is InChI=1S/C23H15F2NO2/c1-14-7-2-5-12-21(14)26-22(27)16-9-4-3-8-15(16)17(23(26)28)13-18-19(24)10-6-11-20(18)25/h2-13H,1H3/b17-13-. The number of rotatable bonds is 2. The van der Waals surface area contributed by atoms with Gasteiger partial charge in [-0.05, 0) is 48.4 Å². The number of carbonyl (C=O) groups is 2. The number of anilines is 1. The summed E-state index contributed by atoms with van der Waals surface area (Å²) in [6.07, 6.45) is 1.17. The van der Waals surface area contributed by atoms with Crippen LogP contribution in [0.25, 0.3) is 11.6 Å². The molecule has 0 radical (unpaired) electrons. The average molecular weight is 375 g/mol. The van der Waals surface area contributed by atoms with Gasteiger partial charge in [0.15, 0.2) is 0 Å². The lowest BCUT2D eigenvalue weighted by Gasteiger charge is -2.29. The van der Waals surface area contributed by atoms with Crippen LogP contribution in [0.4, 0.5) is 14.5 Å². The van der Waals surface area contributed by atoms with Gasteiger partial charge in [-0.1, -0.05) is 42.5 Å². The third-order valence-electron chi connectivity index (χ3n) is 4.73. The van der Waals surface area contributed by atoms with Crippen molar-refractivity contribution in [3.63, 3.8) is 0 Å². The monoisotopic (exact) mass is 375 g/mol. The molecule has 0 aromatic heterocycles. The number of hydrogen-bond donors (Lipinski definition) is 0. The number of aryl methyl sites for hydroxylation is 1. The molecule has 5 heteroatoms. The molecule has 3 aromatic rings. The van der Waals surface area contributed by atoms with Crippen molar-refractivity contribution in [1.82, 2.24) is 0 Å². The summed E-state index contributed by atoms with van der Waals surface area (Å²) in [5, 5.41) is 0. The molecule has 0 atom stereocenters. The van der Waals surface area contributed by atoms with Gasteiger partial charge in [-0.15, -0.1) is 0 Å². The molecule has 0 saturated carbocycles. The van der Waals surface area contributed by atoms with Crippen LogP contribution in [0.3, 0.4) is 0 Å². The van der Waals surface area contributed by atoms with E-state index in [1.54, 1.807) is 55.5 Å². The average Bonchev–Trinajstić information content (AvgIpc) is 2.68. The van der Waals surface area contributed by atoms with Crippen LogP contribution >= 0.6 is 0 Å². The van der Waals surface area contributed by atoms with Crippen molar-refractivity contribution in [2.45, 2.75) is 6.92 Å². The van der Waals surface area contributed by atoms with Gasteiger partial charge in [0.1, 0.15) is 11.6 Å². The van der Waals surface area contributed by atoms with Crippen molar-refractivity contribution in [1.29, 1.82) is 0 Å². The van der Waals surface area contributed by atoms with E-state index < -0.39 is 23.4 Å². The van der Waals surface area contributed by atoms with Crippen LogP contribution in [-0.4, -0.2) is 11.8 Å². The Morgan fingerprint density at radius 1 is 0.750 bits per heavy atom. The van der Waals surface area contributed by atoms with E-state index in [1.165, 1.54) is 12.1 Å². The third kappa shape index (κ3) is 2.81. The quantitative estimate of drug-likeness (QED) is 0.467. The SMILES string of the molecule is Cc1ccccc1N1C(=O)/C(=C\c2c(F)cccc2F)c2ccccc2C1=O. The zero-order valence-corrected chi connectivity index (χ0v) is 14.9. The van der Waals surface area contributed by atoms with Crippen molar-refractivity contribution < 1.29 is 18.4 Å². The van der Waals surface area contributed by atoms with E-state index in [0.29, 0.717) is 16.8 Å². The maximum absolute atomic E-state index is 14.2. The summed E-state index contributed by atoms with van der Waals surface area (Å²) in [4.78, 5) is 27.4. The molecular formula is C23H15F2NO2. The van der Waals surface area contributed by atoms with Crippen molar-refractivity contribution in [3.05, 3.63) is 101 Å². The van der Waals surface area contributed by atoms with Gasteiger partial charge in [0.25, 0.3) is 11.8 Å². The summed E-state index contributed by atoms with van der Waals surface area (Å²) >= 11 is 0. The molecule has 1 aliphatic rings. The number of halogens is 2. The fraction of sp³-hybridized carbons (Fsp3) is 0.0435. The van der Waals surface area contributed by atoms with Crippen molar-refractivity contribution >= 4 is 29.2 Å². The Bertz CT molecular complexity index is 1130. The van der Waals surface area contributed by atoms with Crippen LogP contribution in [0.2, 0.25) is 0 Å². The molecule has 0 aliphatic carbocycles. The van der Waals surface area contributed by atoms with Crippen LogP contribution in [0.1, 0.15) is 27.0 Å². The number of benzene rings is 3. The van der Waals surface area contributed by atoms with E-state index >= 15 is 0 Å². The second-order valence-electron chi connectivity index (χ2n) is 6.47. The lowest BCUT2D eigenvalue weighted by Crippen LogP contribution is -2.42. The van der Waals surface area contributed by atoms with E-state index in [2.05, 4.69) is 0 Å². The van der Waals surface area contributed by atoms with E-state index in [0.717, 1.165) is 22.6 Å². The minimum Gasteiger partial charge on any atom is -0.268 e. The fourth-order valence-corrected chi connectivity index (χ4v) is 3.32. The zero-order chi connectivity index (χ0) is 19.8. The summed E-state index contributed by atoms with van der Waals surface area (Å²) in [6.45, 7) is 1.79. The molecule has 0 saturated heterocycles. The molecule has 138 valence electrons. The molecule has 3 nitrogen and oxygen atoms in total. The van der Waals surface area contributed by atoms with E-state index in [4.69, 9.17) is 0 Å². The van der Waals surface area contributed by atoms with Gasteiger partial charge in [-0.25, -0.2) is 13.7 Å². The second kappa shape index (κ2) is 6.85.